The van der Waals surface area contributed by atoms with Crippen LogP contribution in [-0.2, 0) is 4.79 Å². The summed E-state index contributed by atoms with van der Waals surface area (Å²) in [5.41, 5.74) is 1.45. The second kappa shape index (κ2) is 7.75. The van der Waals surface area contributed by atoms with E-state index in [-0.39, 0.29) is 17.1 Å². The molecule has 1 heterocycles. The van der Waals surface area contributed by atoms with Crippen molar-refractivity contribution in [1.82, 2.24) is 20.1 Å². The first-order valence-electron chi connectivity index (χ1n) is 7.51. The maximum absolute atomic E-state index is 13.0. The zero-order valence-corrected chi connectivity index (χ0v) is 14.1. The third-order valence-electron chi connectivity index (χ3n) is 3.42. The number of hydrogen-bond acceptors (Lipinski definition) is 4. The molecule has 0 aliphatic heterocycles. The zero-order chi connectivity index (χ0) is 18.5. The molecule has 0 saturated carbocycles. The summed E-state index contributed by atoms with van der Waals surface area (Å²) >= 11 is 5.81. The highest BCUT2D eigenvalue weighted by Gasteiger charge is 2.12. The molecule has 2 aromatic carbocycles. The van der Waals surface area contributed by atoms with Gasteiger partial charge in [0.2, 0.25) is 5.91 Å². The first-order chi connectivity index (χ1) is 12.5. The number of nitrogens with zero attached hydrogens (tertiary/aromatic N) is 3. The first kappa shape index (κ1) is 17.6. The van der Waals surface area contributed by atoms with E-state index in [0.29, 0.717) is 5.69 Å². The fourth-order valence-electron chi connectivity index (χ4n) is 2.17. The molecule has 9 heteroatoms. The van der Waals surface area contributed by atoms with Crippen LogP contribution in [-0.4, -0.2) is 33.1 Å². The smallest absolute Gasteiger partial charge is 0.253 e. The van der Waals surface area contributed by atoms with Gasteiger partial charge in [0.25, 0.3) is 5.91 Å². The van der Waals surface area contributed by atoms with Crippen molar-refractivity contribution in [3.8, 4) is 5.69 Å². The van der Waals surface area contributed by atoms with Crippen molar-refractivity contribution in [1.29, 1.82) is 0 Å². The molecule has 0 radical (unpaired) electrons. The van der Waals surface area contributed by atoms with Gasteiger partial charge in [0.05, 0.1) is 22.8 Å². The summed E-state index contributed by atoms with van der Waals surface area (Å²) in [5, 5.41) is 9.07. The highest BCUT2D eigenvalue weighted by atomic mass is 35.5. The highest BCUT2D eigenvalue weighted by Crippen LogP contribution is 2.17. The van der Waals surface area contributed by atoms with Crippen LogP contribution >= 0.6 is 11.6 Å². The molecule has 0 fully saturated rings. The van der Waals surface area contributed by atoms with Gasteiger partial charge in [-0.15, -0.1) is 0 Å². The molecule has 0 unspecified atom stereocenters. The molecule has 2 amide bonds. The number of anilines is 1. The van der Waals surface area contributed by atoms with Crippen LogP contribution in [0.2, 0.25) is 5.02 Å². The molecule has 2 N–H and O–H groups in total. The number of hydrogen-bond donors (Lipinski definition) is 2. The molecule has 132 valence electrons. The second-order valence-corrected chi connectivity index (χ2v) is 5.65. The molecule has 1 aromatic heterocycles. The molecule has 0 spiro atoms. The number of amides is 2. The van der Waals surface area contributed by atoms with Crippen LogP contribution in [0, 0.1) is 5.82 Å². The largest absolute Gasteiger partial charge is 0.343 e. The van der Waals surface area contributed by atoms with Crippen LogP contribution in [0.1, 0.15) is 10.4 Å². The summed E-state index contributed by atoms with van der Waals surface area (Å²) in [6, 6.07) is 10.3. The van der Waals surface area contributed by atoms with E-state index >= 15 is 0 Å². The standard InChI is InChI=1S/C17H13ClFN5O2/c18-15-7-11(19)1-6-14(15)17(26)21-8-16(25)23-12-2-4-13(5-3-12)24-10-20-9-22-24/h1-7,9-10H,8H2,(H,21,26)(H,23,25). The third kappa shape index (κ3) is 4.22. The lowest BCUT2D eigenvalue weighted by atomic mass is 10.2. The van der Waals surface area contributed by atoms with E-state index < -0.39 is 17.6 Å². The van der Waals surface area contributed by atoms with E-state index in [2.05, 4.69) is 20.7 Å². The van der Waals surface area contributed by atoms with Gasteiger partial charge in [0.1, 0.15) is 18.5 Å². The summed E-state index contributed by atoms with van der Waals surface area (Å²) in [6.07, 6.45) is 2.98. The summed E-state index contributed by atoms with van der Waals surface area (Å²) in [7, 11) is 0. The molecule has 0 bridgehead atoms. The van der Waals surface area contributed by atoms with Gasteiger partial charge in [-0.3, -0.25) is 9.59 Å². The van der Waals surface area contributed by atoms with Crippen LogP contribution in [0.3, 0.4) is 0 Å². The Morgan fingerprint density at radius 2 is 1.92 bits per heavy atom. The van der Waals surface area contributed by atoms with E-state index in [0.717, 1.165) is 17.8 Å². The summed E-state index contributed by atoms with van der Waals surface area (Å²) in [5.74, 6) is -1.52. The van der Waals surface area contributed by atoms with Gasteiger partial charge in [-0.25, -0.2) is 14.1 Å². The van der Waals surface area contributed by atoms with Gasteiger partial charge in [0, 0.05) is 5.69 Å². The van der Waals surface area contributed by atoms with E-state index in [4.69, 9.17) is 11.6 Å². The fourth-order valence-corrected chi connectivity index (χ4v) is 2.43. The van der Waals surface area contributed by atoms with Crippen molar-refractivity contribution < 1.29 is 14.0 Å². The van der Waals surface area contributed by atoms with E-state index in [1.54, 1.807) is 35.3 Å². The van der Waals surface area contributed by atoms with E-state index in [9.17, 15) is 14.0 Å². The Morgan fingerprint density at radius 3 is 2.58 bits per heavy atom. The molecule has 7 nitrogen and oxygen atoms in total. The minimum atomic E-state index is -0.563. The van der Waals surface area contributed by atoms with Gasteiger partial charge in [0.15, 0.2) is 0 Å². The Labute approximate surface area is 152 Å². The zero-order valence-electron chi connectivity index (χ0n) is 13.3. The van der Waals surface area contributed by atoms with Gasteiger partial charge < -0.3 is 10.6 Å². The second-order valence-electron chi connectivity index (χ2n) is 5.24. The van der Waals surface area contributed by atoms with Crippen molar-refractivity contribution in [2.45, 2.75) is 0 Å². The average molecular weight is 374 g/mol. The lowest BCUT2D eigenvalue weighted by molar-refractivity contribution is -0.115. The van der Waals surface area contributed by atoms with Crippen LogP contribution < -0.4 is 10.6 Å². The Morgan fingerprint density at radius 1 is 1.15 bits per heavy atom. The first-order valence-corrected chi connectivity index (χ1v) is 7.89. The predicted octanol–water partition coefficient (Wildman–Crippen LogP) is 2.43. The predicted molar refractivity (Wildman–Crippen MR) is 93.7 cm³/mol. The minimum absolute atomic E-state index is 0.0217. The Kier molecular flexibility index (Phi) is 5.23. The normalized spacial score (nSPS) is 10.4. The van der Waals surface area contributed by atoms with E-state index in [1.807, 2.05) is 0 Å². The topological polar surface area (TPSA) is 88.9 Å². The SMILES string of the molecule is O=C(CNC(=O)c1ccc(F)cc1Cl)Nc1ccc(-n2cncn2)cc1. The molecular weight excluding hydrogens is 361 g/mol. The quantitative estimate of drug-likeness (QED) is 0.718. The molecule has 0 saturated heterocycles. The number of nitrogens with one attached hydrogen (secondary N) is 2. The number of aromatic nitrogens is 3. The maximum atomic E-state index is 13.0. The molecule has 3 rings (SSSR count). The number of rotatable bonds is 5. The summed E-state index contributed by atoms with van der Waals surface area (Å²) in [6.45, 7) is -0.253. The number of halogens is 2. The van der Waals surface area contributed by atoms with Crippen LogP contribution in [0.4, 0.5) is 10.1 Å². The molecule has 0 aliphatic rings. The Hall–Kier alpha value is -3.26. The van der Waals surface area contributed by atoms with Crippen molar-refractivity contribution in [2.75, 3.05) is 11.9 Å². The van der Waals surface area contributed by atoms with Crippen LogP contribution in [0.5, 0.6) is 0 Å². The third-order valence-corrected chi connectivity index (χ3v) is 3.73. The molecule has 26 heavy (non-hydrogen) atoms. The molecular formula is C17H13ClFN5O2. The van der Waals surface area contributed by atoms with Crippen molar-refractivity contribution in [3.63, 3.8) is 0 Å². The van der Waals surface area contributed by atoms with Crippen LogP contribution in [0.15, 0.2) is 55.1 Å². The number of carbonyl (C=O) groups is 2. The van der Waals surface area contributed by atoms with Crippen molar-refractivity contribution >= 4 is 29.1 Å². The maximum Gasteiger partial charge on any atom is 0.253 e. The Balaban J connectivity index is 1.54. The van der Waals surface area contributed by atoms with Crippen molar-refractivity contribution in [3.05, 3.63) is 71.5 Å². The van der Waals surface area contributed by atoms with Gasteiger partial charge in [-0.2, -0.15) is 5.10 Å². The summed E-state index contributed by atoms with van der Waals surface area (Å²) in [4.78, 5) is 27.8. The average Bonchev–Trinajstić information content (AvgIpc) is 3.15. The van der Waals surface area contributed by atoms with Crippen LogP contribution in [0.25, 0.3) is 5.69 Å². The van der Waals surface area contributed by atoms with Crippen molar-refractivity contribution in [2.24, 2.45) is 0 Å². The van der Waals surface area contributed by atoms with Gasteiger partial charge in [-0.1, -0.05) is 11.6 Å². The molecule has 3 aromatic rings. The van der Waals surface area contributed by atoms with E-state index in [1.165, 1.54) is 12.4 Å². The monoisotopic (exact) mass is 373 g/mol. The lowest BCUT2D eigenvalue weighted by Crippen LogP contribution is -2.33. The summed E-state index contributed by atoms with van der Waals surface area (Å²) < 4.78 is 14.6. The van der Waals surface area contributed by atoms with Gasteiger partial charge >= 0.3 is 0 Å². The Bertz CT molecular complexity index is 929. The molecule has 0 atom stereocenters. The lowest BCUT2D eigenvalue weighted by Gasteiger charge is -2.09. The molecule has 0 aliphatic carbocycles. The van der Waals surface area contributed by atoms with Gasteiger partial charge in [-0.05, 0) is 42.5 Å². The highest BCUT2D eigenvalue weighted by molar-refractivity contribution is 6.33. The minimum Gasteiger partial charge on any atom is -0.343 e. The fraction of sp³-hybridized carbons (Fsp3) is 0.0588. The number of carbonyl (C=O) groups excluding carboxylic acids is 2. The number of benzene rings is 2.